The van der Waals surface area contributed by atoms with Gasteiger partial charge in [-0.15, -0.1) is 0 Å². The first kappa shape index (κ1) is 19.2. The molecule has 0 bridgehead atoms. The molecule has 25 heavy (non-hydrogen) atoms. The van der Waals surface area contributed by atoms with Crippen molar-refractivity contribution in [3.05, 3.63) is 42.1 Å². The topological polar surface area (TPSA) is 68.7 Å². The monoisotopic (exact) mass is 345 g/mol. The van der Waals surface area contributed by atoms with E-state index in [2.05, 4.69) is 18.0 Å². The fraction of sp³-hybridized carbons (Fsp3) is 0.500. The van der Waals surface area contributed by atoms with Gasteiger partial charge >= 0.3 is 5.97 Å². The van der Waals surface area contributed by atoms with Gasteiger partial charge in [-0.2, -0.15) is 0 Å². The number of carboxylic acid groups (broad SMARTS) is 1. The number of allylic oxidation sites excluding steroid dienone is 3. The summed E-state index contributed by atoms with van der Waals surface area (Å²) in [7, 11) is 0. The summed E-state index contributed by atoms with van der Waals surface area (Å²) in [4.78, 5) is 15.0. The van der Waals surface area contributed by atoms with Crippen LogP contribution in [-0.4, -0.2) is 35.4 Å². The first-order chi connectivity index (χ1) is 12.2. The maximum absolute atomic E-state index is 10.4. The lowest BCUT2D eigenvalue weighted by Gasteiger charge is -2.25. The van der Waals surface area contributed by atoms with E-state index in [0.717, 1.165) is 30.5 Å². The van der Waals surface area contributed by atoms with Crippen molar-refractivity contribution in [1.29, 1.82) is 0 Å². The van der Waals surface area contributed by atoms with Gasteiger partial charge < -0.3 is 14.6 Å². The van der Waals surface area contributed by atoms with Crippen molar-refractivity contribution in [1.82, 2.24) is 4.98 Å². The molecule has 0 aromatic carbocycles. The minimum atomic E-state index is -0.789. The van der Waals surface area contributed by atoms with E-state index in [-0.39, 0.29) is 6.42 Å². The van der Waals surface area contributed by atoms with Crippen LogP contribution in [0.1, 0.15) is 51.1 Å². The molecule has 1 heterocycles. The van der Waals surface area contributed by atoms with Crippen LogP contribution < -0.4 is 4.74 Å². The molecule has 1 aromatic rings. The van der Waals surface area contributed by atoms with E-state index in [4.69, 9.17) is 14.6 Å². The predicted octanol–water partition coefficient (Wildman–Crippen LogP) is 4.24. The Kier molecular flexibility index (Phi) is 8.19. The second-order valence-electron chi connectivity index (χ2n) is 6.07. The molecule has 0 radical (unpaired) electrons. The van der Waals surface area contributed by atoms with Crippen LogP contribution in [0.15, 0.2) is 36.4 Å². The van der Waals surface area contributed by atoms with Crippen molar-refractivity contribution in [3.8, 4) is 5.88 Å². The Morgan fingerprint density at radius 3 is 2.92 bits per heavy atom. The highest BCUT2D eigenvalue weighted by atomic mass is 16.5. The van der Waals surface area contributed by atoms with Gasteiger partial charge in [0.25, 0.3) is 0 Å². The zero-order chi connectivity index (χ0) is 17.9. The van der Waals surface area contributed by atoms with E-state index in [1.54, 1.807) is 0 Å². The third-order valence-corrected chi connectivity index (χ3v) is 3.97. The van der Waals surface area contributed by atoms with E-state index < -0.39 is 5.97 Å². The van der Waals surface area contributed by atoms with Gasteiger partial charge in [-0.1, -0.05) is 31.2 Å². The quantitative estimate of drug-likeness (QED) is 0.480. The second-order valence-corrected chi connectivity index (χ2v) is 6.07. The Hall–Kier alpha value is -2.14. The molecule has 0 unspecified atom stereocenters. The SMILES string of the molecule is CC/C=C(\C=C/COCCCC(=O)O)c1cccc(OC2CCC2)n1. The molecule has 1 fully saturated rings. The zero-order valence-electron chi connectivity index (χ0n) is 14.8. The summed E-state index contributed by atoms with van der Waals surface area (Å²) in [5.41, 5.74) is 1.93. The largest absolute Gasteiger partial charge is 0.481 e. The van der Waals surface area contributed by atoms with Gasteiger partial charge in [-0.05, 0) is 43.7 Å². The summed E-state index contributed by atoms with van der Waals surface area (Å²) in [6.45, 7) is 3.00. The Morgan fingerprint density at radius 1 is 1.40 bits per heavy atom. The van der Waals surface area contributed by atoms with Crippen LogP contribution in [0, 0.1) is 0 Å². The van der Waals surface area contributed by atoms with Gasteiger partial charge in [0, 0.05) is 19.1 Å². The Labute approximate surface area is 149 Å². The summed E-state index contributed by atoms with van der Waals surface area (Å²) in [6, 6.07) is 5.85. The molecule has 0 amide bonds. The molecule has 0 saturated heterocycles. The van der Waals surface area contributed by atoms with Crippen molar-refractivity contribution >= 4 is 11.5 Å². The molecule has 5 nitrogen and oxygen atoms in total. The number of hydrogen-bond acceptors (Lipinski definition) is 4. The fourth-order valence-corrected chi connectivity index (χ4v) is 2.43. The van der Waals surface area contributed by atoms with Crippen LogP contribution in [0.5, 0.6) is 5.88 Å². The highest BCUT2D eigenvalue weighted by molar-refractivity contribution is 5.71. The Balaban J connectivity index is 1.86. The zero-order valence-corrected chi connectivity index (χ0v) is 14.8. The molecule has 0 spiro atoms. The second kappa shape index (κ2) is 10.7. The average Bonchev–Trinajstić information content (AvgIpc) is 2.56. The number of rotatable bonds is 11. The first-order valence-corrected chi connectivity index (χ1v) is 8.99. The van der Waals surface area contributed by atoms with Crippen LogP contribution in [-0.2, 0) is 9.53 Å². The number of pyridine rings is 1. The van der Waals surface area contributed by atoms with Gasteiger partial charge in [0.2, 0.25) is 5.88 Å². The lowest BCUT2D eigenvalue weighted by Crippen LogP contribution is -2.25. The molecule has 5 heteroatoms. The predicted molar refractivity (Wildman–Crippen MR) is 97.6 cm³/mol. The van der Waals surface area contributed by atoms with Gasteiger partial charge in [0.1, 0.15) is 6.10 Å². The first-order valence-electron chi connectivity index (χ1n) is 8.99. The molecule has 1 aliphatic rings. The molecule has 1 aliphatic carbocycles. The van der Waals surface area contributed by atoms with E-state index in [9.17, 15) is 4.79 Å². The Morgan fingerprint density at radius 2 is 2.24 bits per heavy atom. The number of ether oxygens (including phenoxy) is 2. The number of carbonyl (C=O) groups is 1. The van der Waals surface area contributed by atoms with Crippen molar-refractivity contribution in [3.63, 3.8) is 0 Å². The summed E-state index contributed by atoms with van der Waals surface area (Å²) in [6.07, 6.45) is 11.4. The Bertz CT molecular complexity index is 605. The highest BCUT2D eigenvalue weighted by Crippen LogP contribution is 2.25. The molecular weight excluding hydrogens is 318 g/mol. The fourth-order valence-electron chi connectivity index (χ4n) is 2.43. The van der Waals surface area contributed by atoms with E-state index in [1.165, 1.54) is 6.42 Å². The van der Waals surface area contributed by atoms with Gasteiger partial charge in [0.15, 0.2) is 0 Å². The van der Waals surface area contributed by atoms with Gasteiger partial charge in [0.05, 0.1) is 12.3 Å². The number of hydrogen-bond donors (Lipinski definition) is 1. The summed E-state index contributed by atoms with van der Waals surface area (Å²) >= 11 is 0. The molecule has 0 atom stereocenters. The van der Waals surface area contributed by atoms with Crippen LogP contribution in [0.2, 0.25) is 0 Å². The van der Waals surface area contributed by atoms with Crippen molar-refractivity contribution < 1.29 is 19.4 Å². The molecular formula is C20H27NO4. The number of aromatic nitrogens is 1. The van der Waals surface area contributed by atoms with Crippen molar-refractivity contribution in [2.75, 3.05) is 13.2 Å². The third-order valence-electron chi connectivity index (χ3n) is 3.97. The highest BCUT2D eigenvalue weighted by Gasteiger charge is 2.19. The van der Waals surface area contributed by atoms with Crippen molar-refractivity contribution in [2.24, 2.45) is 0 Å². The van der Waals surface area contributed by atoms with Crippen molar-refractivity contribution in [2.45, 2.75) is 51.6 Å². The minimum Gasteiger partial charge on any atom is -0.481 e. The van der Waals surface area contributed by atoms with Crippen LogP contribution in [0.3, 0.4) is 0 Å². The summed E-state index contributed by atoms with van der Waals surface area (Å²) in [5, 5.41) is 8.58. The lowest BCUT2D eigenvalue weighted by molar-refractivity contribution is -0.137. The molecule has 0 aliphatic heterocycles. The maximum Gasteiger partial charge on any atom is 0.303 e. The molecule has 136 valence electrons. The average molecular weight is 345 g/mol. The normalized spacial score (nSPS) is 15.3. The van der Waals surface area contributed by atoms with E-state index in [0.29, 0.717) is 31.6 Å². The lowest BCUT2D eigenvalue weighted by atomic mass is 9.96. The minimum absolute atomic E-state index is 0.141. The summed E-state index contributed by atoms with van der Waals surface area (Å²) < 4.78 is 11.3. The van der Waals surface area contributed by atoms with Crippen LogP contribution in [0.4, 0.5) is 0 Å². The number of nitrogens with zero attached hydrogens (tertiary/aromatic N) is 1. The van der Waals surface area contributed by atoms with Crippen LogP contribution >= 0.6 is 0 Å². The standard InChI is InChI=1S/C20H27NO4/c1-2-7-16(8-5-14-24-15-6-13-20(22)23)18-11-4-12-19(21-18)25-17-9-3-10-17/h4-5,7-8,11-12,17H,2-3,6,9-10,13-15H2,1H3,(H,22,23)/b8-5-,16-7+. The molecule has 1 saturated carbocycles. The third kappa shape index (κ3) is 7.10. The van der Waals surface area contributed by atoms with Crippen LogP contribution in [0.25, 0.3) is 5.57 Å². The summed E-state index contributed by atoms with van der Waals surface area (Å²) in [5.74, 6) is -0.107. The number of carboxylic acids is 1. The molecule has 2 rings (SSSR count). The van der Waals surface area contributed by atoms with E-state index in [1.807, 2.05) is 30.4 Å². The van der Waals surface area contributed by atoms with Gasteiger partial charge in [-0.25, -0.2) is 4.98 Å². The van der Waals surface area contributed by atoms with Gasteiger partial charge in [-0.3, -0.25) is 4.79 Å². The smallest absolute Gasteiger partial charge is 0.303 e. The molecule has 1 aromatic heterocycles. The number of aliphatic carboxylic acids is 1. The van der Waals surface area contributed by atoms with E-state index >= 15 is 0 Å². The maximum atomic E-state index is 10.4. The molecule has 1 N–H and O–H groups in total.